The van der Waals surface area contributed by atoms with Crippen LogP contribution >= 0.6 is 0 Å². The number of carboxylic acid groups (broad SMARTS) is 1. The molecule has 5 heteroatoms. The first-order valence-corrected chi connectivity index (χ1v) is 6.19. The van der Waals surface area contributed by atoms with Crippen LogP contribution in [0.5, 0.6) is 0 Å². The normalized spacial score (nSPS) is 12.9. The lowest BCUT2D eigenvalue weighted by atomic mass is 9.90. The number of rotatable bonds is 7. The molecule has 0 radical (unpaired) electrons. The van der Waals surface area contributed by atoms with E-state index in [2.05, 4.69) is 10.6 Å². The van der Waals surface area contributed by atoms with Gasteiger partial charge in [-0.3, -0.25) is 4.79 Å². The highest BCUT2D eigenvalue weighted by Crippen LogP contribution is 2.18. The van der Waals surface area contributed by atoms with Crippen molar-refractivity contribution in [3.63, 3.8) is 0 Å². The molecular formula is C12H24N2O3. The molecule has 0 aliphatic carbocycles. The molecule has 0 aliphatic rings. The van der Waals surface area contributed by atoms with Gasteiger partial charge in [0.15, 0.2) is 0 Å². The van der Waals surface area contributed by atoms with Crippen molar-refractivity contribution in [2.45, 2.75) is 52.5 Å². The molecular weight excluding hydrogens is 220 g/mol. The van der Waals surface area contributed by atoms with Gasteiger partial charge in [-0.2, -0.15) is 0 Å². The van der Waals surface area contributed by atoms with E-state index in [0.717, 1.165) is 19.3 Å². The maximum Gasteiger partial charge on any atom is 0.315 e. The van der Waals surface area contributed by atoms with Crippen molar-refractivity contribution in [2.75, 3.05) is 6.54 Å². The Labute approximate surface area is 103 Å². The molecule has 0 bridgehead atoms. The van der Waals surface area contributed by atoms with E-state index in [4.69, 9.17) is 5.11 Å². The number of amides is 2. The first-order valence-electron chi connectivity index (χ1n) is 6.19. The molecule has 0 rings (SSSR count). The van der Waals surface area contributed by atoms with Crippen LogP contribution < -0.4 is 10.6 Å². The van der Waals surface area contributed by atoms with Crippen LogP contribution in [0.1, 0.15) is 47.0 Å². The van der Waals surface area contributed by atoms with Crippen LogP contribution in [0.2, 0.25) is 0 Å². The van der Waals surface area contributed by atoms with Gasteiger partial charge in [-0.1, -0.05) is 27.7 Å². The molecule has 0 saturated heterocycles. The smallest absolute Gasteiger partial charge is 0.315 e. The van der Waals surface area contributed by atoms with Gasteiger partial charge in [0.1, 0.15) is 0 Å². The minimum absolute atomic E-state index is 0.147. The number of urea groups is 1. The molecule has 5 nitrogen and oxygen atoms in total. The van der Waals surface area contributed by atoms with E-state index in [9.17, 15) is 9.59 Å². The third-order valence-electron chi connectivity index (χ3n) is 3.40. The van der Waals surface area contributed by atoms with E-state index >= 15 is 0 Å². The summed E-state index contributed by atoms with van der Waals surface area (Å²) in [6.07, 6.45) is 2.59. The molecule has 1 unspecified atom stereocenters. The van der Waals surface area contributed by atoms with E-state index in [-0.39, 0.29) is 18.1 Å². The van der Waals surface area contributed by atoms with Crippen LogP contribution in [-0.4, -0.2) is 29.2 Å². The summed E-state index contributed by atoms with van der Waals surface area (Å²) < 4.78 is 0. The second-order valence-corrected chi connectivity index (χ2v) is 4.42. The summed E-state index contributed by atoms with van der Waals surface area (Å²) in [5.41, 5.74) is -0.184. The largest absolute Gasteiger partial charge is 0.481 e. The highest BCUT2D eigenvalue weighted by molar-refractivity contribution is 5.76. The first-order chi connectivity index (χ1) is 7.90. The quantitative estimate of drug-likeness (QED) is 0.640. The van der Waals surface area contributed by atoms with Crippen LogP contribution in [-0.2, 0) is 4.79 Å². The maximum absolute atomic E-state index is 11.6. The third-order valence-corrected chi connectivity index (χ3v) is 3.40. The van der Waals surface area contributed by atoms with Crippen LogP contribution in [0.4, 0.5) is 4.79 Å². The van der Waals surface area contributed by atoms with Gasteiger partial charge in [0.25, 0.3) is 0 Å². The van der Waals surface area contributed by atoms with Crippen molar-refractivity contribution in [3.8, 4) is 0 Å². The van der Waals surface area contributed by atoms with E-state index < -0.39 is 11.9 Å². The summed E-state index contributed by atoms with van der Waals surface area (Å²) in [5.74, 6) is -1.47. The predicted octanol–water partition coefficient (Wildman–Crippen LogP) is 1.98. The average molecular weight is 244 g/mol. The minimum Gasteiger partial charge on any atom is -0.481 e. The van der Waals surface area contributed by atoms with Crippen molar-refractivity contribution < 1.29 is 14.7 Å². The maximum atomic E-state index is 11.6. The Balaban J connectivity index is 4.21. The zero-order chi connectivity index (χ0) is 13.5. The summed E-state index contributed by atoms with van der Waals surface area (Å²) in [6.45, 7) is 7.82. The van der Waals surface area contributed by atoms with Gasteiger partial charge in [-0.15, -0.1) is 0 Å². The zero-order valence-corrected chi connectivity index (χ0v) is 11.2. The van der Waals surface area contributed by atoms with Gasteiger partial charge in [-0.05, 0) is 19.3 Å². The van der Waals surface area contributed by atoms with Gasteiger partial charge >= 0.3 is 12.0 Å². The molecule has 1 atom stereocenters. The molecule has 0 saturated carbocycles. The SMILES string of the molecule is CCC(CC)(CC)NC(=O)NCC(C)C(=O)O. The molecule has 0 aromatic rings. The lowest BCUT2D eigenvalue weighted by molar-refractivity contribution is -0.140. The first kappa shape index (κ1) is 15.7. The fraction of sp³-hybridized carbons (Fsp3) is 0.833. The number of hydrogen-bond donors (Lipinski definition) is 3. The van der Waals surface area contributed by atoms with Gasteiger partial charge in [0, 0.05) is 12.1 Å². The summed E-state index contributed by atoms with van der Waals surface area (Å²) in [4.78, 5) is 22.2. The molecule has 0 spiro atoms. The Morgan fingerprint density at radius 2 is 1.65 bits per heavy atom. The van der Waals surface area contributed by atoms with E-state index in [1.165, 1.54) is 0 Å². The standard InChI is InChI=1S/C12H24N2O3/c1-5-12(6-2,7-3)14-11(17)13-8-9(4)10(15)16/h9H,5-8H2,1-4H3,(H,15,16)(H2,13,14,17). The number of carbonyl (C=O) groups excluding carboxylic acids is 1. The van der Waals surface area contributed by atoms with Gasteiger partial charge in [0.05, 0.1) is 5.92 Å². The van der Waals surface area contributed by atoms with Crippen LogP contribution in [0.15, 0.2) is 0 Å². The molecule has 0 fully saturated rings. The average Bonchev–Trinajstić information content (AvgIpc) is 2.33. The van der Waals surface area contributed by atoms with Gasteiger partial charge in [0.2, 0.25) is 0 Å². The number of nitrogens with one attached hydrogen (secondary N) is 2. The summed E-state index contributed by atoms with van der Waals surface area (Å²) in [7, 11) is 0. The Bertz CT molecular complexity index is 254. The lowest BCUT2D eigenvalue weighted by Gasteiger charge is -2.31. The number of carboxylic acids is 1. The highest BCUT2D eigenvalue weighted by atomic mass is 16.4. The van der Waals surface area contributed by atoms with E-state index in [1.807, 2.05) is 20.8 Å². The Morgan fingerprint density at radius 3 is 2.00 bits per heavy atom. The van der Waals surface area contributed by atoms with Crippen molar-refractivity contribution >= 4 is 12.0 Å². The van der Waals surface area contributed by atoms with Gasteiger partial charge in [-0.25, -0.2) is 4.79 Å². The van der Waals surface area contributed by atoms with Crippen molar-refractivity contribution in [3.05, 3.63) is 0 Å². The summed E-state index contributed by atoms with van der Waals surface area (Å²) in [6, 6.07) is -0.288. The minimum atomic E-state index is -0.905. The second-order valence-electron chi connectivity index (χ2n) is 4.42. The fourth-order valence-corrected chi connectivity index (χ4v) is 1.63. The molecule has 0 heterocycles. The van der Waals surface area contributed by atoms with Crippen molar-refractivity contribution in [2.24, 2.45) is 5.92 Å². The van der Waals surface area contributed by atoms with Crippen molar-refractivity contribution in [1.29, 1.82) is 0 Å². The zero-order valence-electron chi connectivity index (χ0n) is 11.2. The number of aliphatic carboxylic acids is 1. The topological polar surface area (TPSA) is 78.4 Å². The Morgan fingerprint density at radius 1 is 1.18 bits per heavy atom. The van der Waals surface area contributed by atoms with Gasteiger partial charge < -0.3 is 15.7 Å². The highest BCUT2D eigenvalue weighted by Gasteiger charge is 2.25. The summed E-state index contributed by atoms with van der Waals surface area (Å²) >= 11 is 0. The van der Waals surface area contributed by atoms with Crippen LogP contribution in [0.25, 0.3) is 0 Å². The fourth-order valence-electron chi connectivity index (χ4n) is 1.63. The second kappa shape index (κ2) is 7.14. The Hall–Kier alpha value is -1.26. The third kappa shape index (κ3) is 5.06. The van der Waals surface area contributed by atoms with E-state index in [1.54, 1.807) is 6.92 Å². The van der Waals surface area contributed by atoms with Crippen LogP contribution in [0, 0.1) is 5.92 Å². The summed E-state index contributed by atoms with van der Waals surface area (Å²) in [5, 5.41) is 14.2. The molecule has 0 aliphatic heterocycles. The van der Waals surface area contributed by atoms with Crippen LogP contribution in [0.3, 0.4) is 0 Å². The molecule has 17 heavy (non-hydrogen) atoms. The lowest BCUT2D eigenvalue weighted by Crippen LogP contribution is -2.52. The predicted molar refractivity (Wildman–Crippen MR) is 66.9 cm³/mol. The molecule has 0 aromatic carbocycles. The molecule has 100 valence electrons. The Kier molecular flexibility index (Phi) is 6.61. The van der Waals surface area contributed by atoms with E-state index in [0.29, 0.717) is 0 Å². The molecule has 0 aromatic heterocycles. The monoisotopic (exact) mass is 244 g/mol. The van der Waals surface area contributed by atoms with Crippen molar-refractivity contribution in [1.82, 2.24) is 10.6 Å². The number of hydrogen-bond acceptors (Lipinski definition) is 2. The molecule has 3 N–H and O–H groups in total. The number of carbonyl (C=O) groups is 2. The molecule has 2 amide bonds.